The largest absolute Gasteiger partial charge is 0.481 e. The maximum absolute atomic E-state index is 10.7. The summed E-state index contributed by atoms with van der Waals surface area (Å²) >= 11 is 1.57. The second kappa shape index (κ2) is 6.37. The Labute approximate surface area is 118 Å². The highest BCUT2D eigenvalue weighted by Gasteiger charge is 2.21. The van der Waals surface area contributed by atoms with Gasteiger partial charge in [0, 0.05) is 18.5 Å². The van der Waals surface area contributed by atoms with Crippen LogP contribution >= 0.6 is 11.3 Å². The molecule has 1 aliphatic rings. The maximum atomic E-state index is 10.7. The van der Waals surface area contributed by atoms with Crippen LogP contribution in [0, 0.1) is 11.8 Å². The molecule has 1 aromatic rings. The van der Waals surface area contributed by atoms with E-state index in [1.165, 1.54) is 19.3 Å². The molecule has 0 amide bonds. The van der Waals surface area contributed by atoms with Crippen molar-refractivity contribution in [3.8, 4) is 0 Å². The fourth-order valence-corrected chi connectivity index (χ4v) is 3.54. The van der Waals surface area contributed by atoms with E-state index in [0.717, 1.165) is 30.1 Å². The number of carbonyl (C=O) groups is 1. The zero-order valence-electron chi connectivity index (χ0n) is 11.6. The smallest absolute Gasteiger partial charge is 0.309 e. The van der Waals surface area contributed by atoms with E-state index in [-0.39, 0.29) is 6.42 Å². The molecule has 0 bridgehead atoms. The zero-order valence-corrected chi connectivity index (χ0v) is 12.4. The van der Waals surface area contributed by atoms with Gasteiger partial charge >= 0.3 is 5.97 Å². The third-order valence-corrected chi connectivity index (χ3v) is 4.81. The summed E-state index contributed by atoms with van der Waals surface area (Å²) in [5.74, 6) is 0.745. The summed E-state index contributed by atoms with van der Waals surface area (Å²) in [6.07, 6.45) is 3.74. The van der Waals surface area contributed by atoms with Crippen LogP contribution in [-0.4, -0.2) is 29.1 Å². The Bertz CT molecular complexity index is 431. The lowest BCUT2D eigenvalue weighted by Gasteiger charge is -2.20. The molecule has 1 fully saturated rings. The molecule has 2 rings (SSSR count). The number of hydrogen-bond donors (Lipinski definition) is 1. The molecule has 2 heterocycles. The Kier molecular flexibility index (Phi) is 4.80. The first kappa shape index (κ1) is 14.3. The highest BCUT2D eigenvalue weighted by Crippen LogP contribution is 2.28. The SMILES string of the molecule is CC(C)C1CCCN(c2nc(CC(=O)O)cs2)CC1. The molecule has 0 spiro atoms. The van der Waals surface area contributed by atoms with E-state index in [0.29, 0.717) is 5.69 Å². The van der Waals surface area contributed by atoms with E-state index in [9.17, 15) is 4.79 Å². The number of anilines is 1. The molecule has 0 aliphatic carbocycles. The fourth-order valence-electron chi connectivity index (χ4n) is 2.66. The van der Waals surface area contributed by atoms with Crippen molar-refractivity contribution >= 4 is 22.4 Å². The summed E-state index contributed by atoms with van der Waals surface area (Å²) in [6.45, 7) is 6.69. The monoisotopic (exact) mass is 282 g/mol. The highest BCUT2D eigenvalue weighted by molar-refractivity contribution is 7.13. The van der Waals surface area contributed by atoms with E-state index in [2.05, 4.69) is 23.7 Å². The van der Waals surface area contributed by atoms with Crippen molar-refractivity contribution in [3.63, 3.8) is 0 Å². The number of rotatable bonds is 4. The lowest BCUT2D eigenvalue weighted by atomic mass is 9.89. The number of carboxylic acids is 1. The standard InChI is InChI=1S/C14H22N2O2S/c1-10(2)11-4-3-6-16(7-5-11)14-15-12(9-19-14)8-13(17)18/h9-11H,3-8H2,1-2H3,(H,17,18). The predicted molar refractivity (Wildman–Crippen MR) is 77.8 cm³/mol. The van der Waals surface area contributed by atoms with E-state index >= 15 is 0 Å². The molecular formula is C14H22N2O2S. The van der Waals surface area contributed by atoms with Crippen molar-refractivity contribution in [2.45, 2.75) is 39.5 Å². The molecule has 1 N–H and O–H groups in total. The first-order valence-corrected chi connectivity index (χ1v) is 7.85. The van der Waals surface area contributed by atoms with E-state index in [1.807, 2.05) is 5.38 Å². The second-order valence-corrected chi connectivity index (χ2v) is 6.45. The molecule has 1 aromatic heterocycles. The highest BCUT2D eigenvalue weighted by atomic mass is 32.1. The summed E-state index contributed by atoms with van der Waals surface area (Å²) in [5.41, 5.74) is 0.678. The molecule has 106 valence electrons. The minimum atomic E-state index is -0.812. The van der Waals surface area contributed by atoms with Gasteiger partial charge in [0.15, 0.2) is 5.13 Å². The lowest BCUT2D eigenvalue weighted by molar-refractivity contribution is -0.136. The molecule has 19 heavy (non-hydrogen) atoms. The Hall–Kier alpha value is -1.10. The minimum Gasteiger partial charge on any atom is -0.481 e. The van der Waals surface area contributed by atoms with Crippen LogP contribution in [0.4, 0.5) is 5.13 Å². The molecule has 4 nitrogen and oxygen atoms in total. The number of thiazole rings is 1. The van der Waals surface area contributed by atoms with Crippen LogP contribution in [0.5, 0.6) is 0 Å². The van der Waals surface area contributed by atoms with E-state index < -0.39 is 5.97 Å². The molecule has 1 unspecified atom stereocenters. The van der Waals surface area contributed by atoms with Gasteiger partial charge < -0.3 is 10.0 Å². The van der Waals surface area contributed by atoms with Crippen molar-refractivity contribution in [1.29, 1.82) is 0 Å². The van der Waals surface area contributed by atoms with Crippen LogP contribution in [0.2, 0.25) is 0 Å². The topological polar surface area (TPSA) is 53.4 Å². The third kappa shape index (κ3) is 3.93. The summed E-state index contributed by atoms with van der Waals surface area (Å²) < 4.78 is 0. The third-order valence-electron chi connectivity index (χ3n) is 3.86. The van der Waals surface area contributed by atoms with Crippen molar-refractivity contribution in [1.82, 2.24) is 4.98 Å². The van der Waals surface area contributed by atoms with Gasteiger partial charge in [-0.3, -0.25) is 4.79 Å². The Morgan fingerprint density at radius 2 is 2.32 bits per heavy atom. The number of aliphatic carboxylic acids is 1. The number of hydrogen-bond acceptors (Lipinski definition) is 4. The zero-order chi connectivity index (χ0) is 13.8. The first-order valence-electron chi connectivity index (χ1n) is 6.97. The van der Waals surface area contributed by atoms with E-state index in [1.54, 1.807) is 11.3 Å². The summed E-state index contributed by atoms with van der Waals surface area (Å²) in [6, 6.07) is 0. The van der Waals surface area contributed by atoms with E-state index in [4.69, 9.17) is 5.11 Å². The predicted octanol–water partition coefficient (Wildman–Crippen LogP) is 3.03. The number of nitrogens with zero attached hydrogens (tertiary/aromatic N) is 2. The molecule has 5 heteroatoms. The van der Waals surface area contributed by atoms with Gasteiger partial charge in [-0.25, -0.2) is 4.98 Å². The Balaban J connectivity index is 1.98. The normalized spacial score (nSPS) is 20.6. The quantitative estimate of drug-likeness (QED) is 0.922. The first-order chi connectivity index (χ1) is 9.06. The van der Waals surface area contributed by atoms with Crippen molar-refractivity contribution in [2.24, 2.45) is 11.8 Å². The van der Waals surface area contributed by atoms with Crippen molar-refractivity contribution < 1.29 is 9.90 Å². The van der Waals surface area contributed by atoms with Gasteiger partial charge in [0.25, 0.3) is 0 Å². The van der Waals surface area contributed by atoms with Crippen LogP contribution in [-0.2, 0) is 11.2 Å². The average molecular weight is 282 g/mol. The van der Waals surface area contributed by atoms with Crippen LogP contribution in [0.3, 0.4) is 0 Å². The molecule has 1 saturated heterocycles. The number of aromatic nitrogens is 1. The van der Waals surface area contributed by atoms with Gasteiger partial charge in [-0.2, -0.15) is 0 Å². The second-order valence-electron chi connectivity index (χ2n) is 5.61. The van der Waals surface area contributed by atoms with Crippen LogP contribution in [0.25, 0.3) is 0 Å². The molecule has 1 aliphatic heterocycles. The van der Waals surface area contributed by atoms with Crippen LogP contribution < -0.4 is 4.90 Å². The molecule has 0 saturated carbocycles. The maximum Gasteiger partial charge on any atom is 0.309 e. The minimum absolute atomic E-state index is 0.0267. The fraction of sp³-hybridized carbons (Fsp3) is 0.714. The van der Waals surface area contributed by atoms with Crippen molar-refractivity contribution in [2.75, 3.05) is 18.0 Å². The van der Waals surface area contributed by atoms with Gasteiger partial charge in [-0.15, -0.1) is 11.3 Å². The molecular weight excluding hydrogens is 260 g/mol. The van der Waals surface area contributed by atoms with Crippen LogP contribution in [0.15, 0.2) is 5.38 Å². The van der Waals surface area contributed by atoms with Crippen molar-refractivity contribution in [3.05, 3.63) is 11.1 Å². The van der Waals surface area contributed by atoms with Crippen LogP contribution in [0.1, 0.15) is 38.8 Å². The van der Waals surface area contributed by atoms with Gasteiger partial charge in [-0.1, -0.05) is 13.8 Å². The van der Waals surface area contributed by atoms with Gasteiger partial charge in [-0.05, 0) is 31.1 Å². The average Bonchev–Trinajstić information content (AvgIpc) is 2.64. The van der Waals surface area contributed by atoms with Gasteiger partial charge in [0.05, 0.1) is 12.1 Å². The molecule has 0 radical (unpaired) electrons. The van der Waals surface area contributed by atoms with Gasteiger partial charge in [0.1, 0.15) is 0 Å². The lowest BCUT2D eigenvalue weighted by Crippen LogP contribution is -2.24. The molecule has 0 aromatic carbocycles. The summed E-state index contributed by atoms with van der Waals surface area (Å²) in [5, 5.41) is 11.6. The summed E-state index contributed by atoms with van der Waals surface area (Å²) in [7, 11) is 0. The number of carboxylic acid groups (broad SMARTS) is 1. The molecule has 1 atom stereocenters. The Morgan fingerprint density at radius 3 is 3.00 bits per heavy atom. The Morgan fingerprint density at radius 1 is 1.53 bits per heavy atom. The van der Waals surface area contributed by atoms with Gasteiger partial charge in [0.2, 0.25) is 0 Å². The summed E-state index contributed by atoms with van der Waals surface area (Å²) in [4.78, 5) is 17.4.